The van der Waals surface area contributed by atoms with E-state index < -0.39 is 28.5 Å². The zero-order chi connectivity index (χ0) is 28.1. The van der Waals surface area contributed by atoms with Gasteiger partial charge in [0.05, 0.1) is 5.69 Å². The summed E-state index contributed by atoms with van der Waals surface area (Å²) in [5, 5.41) is 0. The van der Waals surface area contributed by atoms with Gasteiger partial charge in [0.25, 0.3) is 0 Å². The number of nitrogens with zero attached hydrogens (tertiary/aromatic N) is 3. The summed E-state index contributed by atoms with van der Waals surface area (Å²) in [6.45, 7) is 4.77. The highest BCUT2D eigenvalue weighted by molar-refractivity contribution is 7.84. The molecule has 1 unspecified atom stereocenters. The van der Waals surface area contributed by atoms with Crippen molar-refractivity contribution in [3.8, 4) is 39.4 Å². The monoisotopic (exact) mass is 553 g/mol. The summed E-state index contributed by atoms with van der Waals surface area (Å²) in [5.74, 6) is 0.287. The quantitative estimate of drug-likeness (QED) is 0.210. The van der Waals surface area contributed by atoms with Gasteiger partial charge in [-0.05, 0) is 60.9 Å². The number of rotatable bonds is 5. The lowest BCUT2D eigenvalue weighted by Crippen LogP contribution is -2.05. The molecule has 5 aromatic rings. The van der Waals surface area contributed by atoms with Gasteiger partial charge in [-0.3, -0.25) is 4.21 Å². The third-order valence-electron chi connectivity index (χ3n) is 6.35. The second-order valence-electron chi connectivity index (χ2n) is 9.13. The highest BCUT2D eigenvalue weighted by atomic mass is 32.2. The second kappa shape index (κ2) is 9.92. The van der Waals surface area contributed by atoms with Crippen molar-refractivity contribution in [3.63, 3.8) is 0 Å². The normalized spacial score (nSPS) is 12.6. The Bertz CT molecular complexity index is 1740. The van der Waals surface area contributed by atoms with Gasteiger partial charge in [0, 0.05) is 46.2 Å². The number of aryl methyl sites for hydroxylation is 3. The molecule has 2 heterocycles. The topological polar surface area (TPSA) is 60.9 Å². The van der Waals surface area contributed by atoms with Crippen molar-refractivity contribution >= 4 is 10.8 Å². The molecule has 0 saturated heterocycles. The van der Waals surface area contributed by atoms with Gasteiger partial charge < -0.3 is 8.98 Å². The van der Waals surface area contributed by atoms with Crippen molar-refractivity contribution in [2.75, 3.05) is 6.26 Å². The van der Waals surface area contributed by atoms with E-state index in [2.05, 4.69) is 9.97 Å². The van der Waals surface area contributed by atoms with Crippen molar-refractivity contribution in [2.45, 2.75) is 31.8 Å². The molecule has 3 aromatic carbocycles. The molecule has 2 aromatic heterocycles. The van der Waals surface area contributed by atoms with Crippen molar-refractivity contribution in [1.29, 1.82) is 0 Å². The van der Waals surface area contributed by atoms with Crippen LogP contribution < -0.4 is 0 Å². The highest BCUT2D eigenvalue weighted by Gasteiger charge is 2.35. The fraction of sp³-hybridized carbons (Fsp3) is 0.172. The van der Waals surface area contributed by atoms with E-state index in [0.29, 0.717) is 38.9 Å². The molecule has 39 heavy (non-hydrogen) atoms. The summed E-state index contributed by atoms with van der Waals surface area (Å²) in [6, 6.07) is 17.1. The zero-order valence-corrected chi connectivity index (χ0v) is 22.2. The van der Waals surface area contributed by atoms with Crippen LogP contribution in [0, 0.1) is 26.6 Å². The molecule has 0 bridgehead atoms. The fourth-order valence-corrected chi connectivity index (χ4v) is 4.93. The Morgan fingerprint density at radius 2 is 1.62 bits per heavy atom. The lowest BCUT2D eigenvalue weighted by atomic mass is 9.97. The van der Waals surface area contributed by atoms with Gasteiger partial charge in [-0.15, -0.1) is 0 Å². The predicted molar refractivity (Wildman–Crippen MR) is 141 cm³/mol. The van der Waals surface area contributed by atoms with Gasteiger partial charge in [-0.25, -0.2) is 14.4 Å². The first kappa shape index (κ1) is 26.6. The fourth-order valence-electron chi connectivity index (χ4n) is 4.36. The maximum atomic E-state index is 14.5. The first-order chi connectivity index (χ1) is 18.4. The molecule has 10 heteroatoms. The smallest absolute Gasteiger partial charge is 0.434 e. The van der Waals surface area contributed by atoms with Crippen LogP contribution in [0.25, 0.3) is 39.4 Å². The number of hydrogen-bond donors (Lipinski definition) is 0. The van der Waals surface area contributed by atoms with Gasteiger partial charge in [0.15, 0.2) is 17.3 Å². The van der Waals surface area contributed by atoms with Crippen molar-refractivity contribution in [2.24, 2.45) is 0 Å². The van der Waals surface area contributed by atoms with E-state index in [4.69, 9.17) is 4.42 Å². The Labute approximate surface area is 224 Å². The lowest BCUT2D eigenvalue weighted by Gasteiger charge is -2.14. The minimum absolute atomic E-state index is 0.128. The molecule has 5 rings (SSSR count). The summed E-state index contributed by atoms with van der Waals surface area (Å²) in [4.78, 5) is 8.92. The van der Waals surface area contributed by atoms with Crippen LogP contribution in [0.1, 0.15) is 23.0 Å². The number of benzene rings is 3. The number of aromatic nitrogens is 3. The average Bonchev–Trinajstić information content (AvgIpc) is 3.48. The minimum Gasteiger partial charge on any atom is -0.440 e. The number of alkyl halides is 3. The molecule has 0 spiro atoms. The molecule has 5 nitrogen and oxygen atoms in total. The Kier molecular flexibility index (Phi) is 6.76. The highest BCUT2D eigenvalue weighted by Crippen LogP contribution is 2.40. The van der Waals surface area contributed by atoms with E-state index in [0.717, 1.165) is 17.3 Å². The summed E-state index contributed by atoms with van der Waals surface area (Å²) in [7, 11) is -1.21. The summed E-state index contributed by atoms with van der Waals surface area (Å²) >= 11 is 0. The van der Waals surface area contributed by atoms with Gasteiger partial charge in [-0.2, -0.15) is 13.2 Å². The maximum Gasteiger partial charge on any atom is 0.434 e. The third kappa shape index (κ3) is 5.16. The van der Waals surface area contributed by atoms with E-state index in [9.17, 15) is 21.8 Å². The van der Waals surface area contributed by atoms with Crippen molar-refractivity contribution in [3.05, 3.63) is 95.7 Å². The van der Waals surface area contributed by atoms with E-state index in [1.54, 1.807) is 68.6 Å². The lowest BCUT2D eigenvalue weighted by molar-refractivity contribution is -0.141. The number of hydrogen-bond acceptors (Lipinski definition) is 4. The average molecular weight is 554 g/mol. The summed E-state index contributed by atoms with van der Waals surface area (Å²) in [6.07, 6.45) is -2.10. The predicted octanol–water partition coefficient (Wildman–Crippen LogP) is 7.68. The molecule has 0 aliphatic rings. The van der Waals surface area contributed by atoms with Crippen LogP contribution >= 0.6 is 0 Å². The Hall–Kier alpha value is -4.05. The van der Waals surface area contributed by atoms with E-state index in [1.807, 2.05) is 6.07 Å². The maximum absolute atomic E-state index is 14.5. The van der Waals surface area contributed by atoms with Gasteiger partial charge >= 0.3 is 6.18 Å². The van der Waals surface area contributed by atoms with Gasteiger partial charge in [0.2, 0.25) is 0 Å². The van der Waals surface area contributed by atoms with Crippen LogP contribution in [0.5, 0.6) is 0 Å². The molecular formula is C29H23F4N3O2S. The molecule has 1 atom stereocenters. The van der Waals surface area contributed by atoms with Crippen molar-refractivity contribution < 1.29 is 26.2 Å². The second-order valence-corrected chi connectivity index (χ2v) is 10.5. The molecule has 0 radical (unpaired) electrons. The summed E-state index contributed by atoms with van der Waals surface area (Å²) < 4.78 is 74.4. The van der Waals surface area contributed by atoms with Gasteiger partial charge in [-0.1, -0.05) is 30.3 Å². The van der Waals surface area contributed by atoms with Crippen LogP contribution in [-0.4, -0.2) is 25.0 Å². The Morgan fingerprint density at radius 3 is 2.28 bits per heavy atom. The summed E-state index contributed by atoms with van der Waals surface area (Å²) in [5.41, 5.74) is 2.53. The van der Waals surface area contributed by atoms with Crippen LogP contribution in [0.2, 0.25) is 0 Å². The first-order valence-corrected chi connectivity index (χ1v) is 13.4. The standard InChI is InChI=1S/C29H23F4N3O2S/c1-16-8-9-21(14-24(16)30)28-27(35-18(3)38-28)23-13-20(19-6-5-7-22(12-19)39(4)37)10-11-25(23)36-15-26(29(31,32)33)34-17(36)2/h5-15H,1-4H3. The van der Waals surface area contributed by atoms with E-state index >= 15 is 0 Å². The van der Waals surface area contributed by atoms with Crippen LogP contribution in [0.3, 0.4) is 0 Å². The molecule has 200 valence electrons. The Morgan fingerprint density at radius 1 is 0.897 bits per heavy atom. The molecule has 0 saturated carbocycles. The molecule has 0 fully saturated rings. The van der Waals surface area contributed by atoms with Crippen LogP contribution in [0.4, 0.5) is 17.6 Å². The SMILES string of the molecule is Cc1nc(-c2cc(-c3cccc(S(C)=O)c3)ccc2-n2cc(C(F)(F)F)nc2C)c(-c2ccc(C)c(F)c2)o1. The third-order valence-corrected chi connectivity index (χ3v) is 7.27. The molecule has 0 aliphatic carbocycles. The zero-order valence-electron chi connectivity index (χ0n) is 21.4. The number of imidazole rings is 1. The van der Waals surface area contributed by atoms with Crippen LogP contribution in [-0.2, 0) is 17.0 Å². The molecule has 0 aliphatic heterocycles. The number of oxazole rings is 1. The minimum atomic E-state index is -4.62. The Balaban J connectivity index is 1.78. The first-order valence-electron chi connectivity index (χ1n) is 11.9. The van der Waals surface area contributed by atoms with Crippen molar-refractivity contribution in [1.82, 2.24) is 14.5 Å². The van der Waals surface area contributed by atoms with Crippen LogP contribution in [0.15, 0.2) is 76.2 Å². The van der Waals surface area contributed by atoms with Gasteiger partial charge in [0.1, 0.15) is 17.3 Å². The van der Waals surface area contributed by atoms with E-state index in [1.165, 1.54) is 17.6 Å². The molecule has 0 N–H and O–H groups in total. The van der Waals surface area contributed by atoms with E-state index in [-0.39, 0.29) is 11.6 Å². The number of halogens is 4. The molecule has 0 amide bonds. The largest absolute Gasteiger partial charge is 0.440 e. The molecular weight excluding hydrogens is 530 g/mol.